The van der Waals surface area contributed by atoms with E-state index < -0.39 is 37.7 Å². The van der Waals surface area contributed by atoms with Crippen LogP contribution in [0.3, 0.4) is 0 Å². The molecule has 0 aliphatic carbocycles. The number of nitrogens with zero attached hydrogens (tertiary/aromatic N) is 2. The van der Waals surface area contributed by atoms with Crippen molar-refractivity contribution in [3.05, 3.63) is 28.8 Å². The number of carbonyl (C=O) groups is 2. The molecule has 0 spiro atoms. The van der Waals surface area contributed by atoms with Crippen molar-refractivity contribution < 1.29 is 31.2 Å². The number of imide groups is 1. The SMILES string of the molecule is O=C1CCC(=O)N1C1CN(S(=O)(=O)c2ccc(Cl)c(C(F)(F)F)c2)C1. The van der Waals surface area contributed by atoms with Gasteiger partial charge in [-0.1, -0.05) is 11.6 Å². The maximum Gasteiger partial charge on any atom is 0.417 e. The molecule has 0 N–H and O–H groups in total. The second-order valence-corrected chi connectivity index (χ2v) is 8.12. The molecule has 0 radical (unpaired) electrons. The van der Waals surface area contributed by atoms with Crippen LogP contribution in [0, 0.1) is 0 Å². The quantitative estimate of drug-likeness (QED) is 0.731. The molecule has 136 valence electrons. The molecule has 2 heterocycles. The first-order valence-electron chi connectivity index (χ1n) is 7.23. The van der Waals surface area contributed by atoms with Gasteiger partial charge in [0, 0.05) is 25.9 Å². The van der Waals surface area contributed by atoms with E-state index in [1.165, 1.54) is 0 Å². The molecule has 3 rings (SSSR count). The molecule has 0 unspecified atom stereocenters. The summed E-state index contributed by atoms with van der Waals surface area (Å²) in [5, 5.41) is -0.596. The zero-order valence-electron chi connectivity index (χ0n) is 12.6. The molecule has 0 bridgehead atoms. The number of rotatable bonds is 3. The van der Waals surface area contributed by atoms with Crippen molar-refractivity contribution in [2.75, 3.05) is 13.1 Å². The van der Waals surface area contributed by atoms with Gasteiger partial charge in [0.15, 0.2) is 0 Å². The zero-order valence-corrected chi connectivity index (χ0v) is 14.2. The molecule has 1 aromatic rings. The summed E-state index contributed by atoms with van der Waals surface area (Å²) in [7, 11) is -4.17. The van der Waals surface area contributed by atoms with E-state index in [9.17, 15) is 31.2 Å². The van der Waals surface area contributed by atoms with Crippen molar-refractivity contribution in [1.82, 2.24) is 9.21 Å². The Labute approximate surface area is 146 Å². The van der Waals surface area contributed by atoms with Crippen LogP contribution >= 0.6 is 11.6 Å². The normalized spacial score (nSPS) is 20.2. The first-order valence-corrected chi connectivity index (χ1v) is 9.05. The summed E-state index contributed by atoms with van der Waals surface area (Å²) < 4.78 is 64.5. The van der Waals surface area contributed by atoms with Crippen LogP contribution in [-0.2, 0) is 25.8 Å². The Morgan fingerprint density at radius 2 is 1.64 bits per heavy atom. The largest absolute Gasteiger partial charge is 0.417 e. The lowest BCUT2D eigenvalue weighted by Gasteiger charge is -2.41. The van der Waals surface area contributed by atoms with E-state index in [4.69, 9.17) is 11.6 Å². The van der Waals surface area contributed by atoms with Crippen LogP contribution in [0.25, 0.3) is 0 Å². The molecule has 2 aliphatic heterocycles. The summed E-state index contributed by atoms with van der Waals surface area (Å²) in [5.74, 6) is -0.726. The van der Waals surface area contributed by atoms with Crippen LogP contribution in [0.4, 0.5) is 13.2 Å². The van der Waals surface area contributed by atoms with E-state index in [0.717, 1.165) is 21.3 Å². The minimum atomic E-state index is -4.78. The van der Waals surface area contributed by atoms with E-state index in [0.29, 0.717) is 6.07 Å². The molecule has 25 heavy (non-hydrogen) atoms. The molecular weight excluding hydrogens is 385 g/mol. The Kier molecular flexibility index (Phi) is 4.33. The third kappa shape index (κ3) is 3.13. The highest BCUT2D eigenvalue weighted by molar-refractivity contribution is 7.89. The highest BCUT2D eigenvalue weighted by atomic mass is 35.5. The van der Waals surface area contributed by atoms with E-state index in [1.54, 1.807) is 0 Å². The molecule has 2 amide bonds. The van der Waals surface area contributed by atoms with Crippen molar-refractivity contribution in [2.24, 2.45) is 0 Å². The maximum absolute atomic E-state index is 12.9. The average molecular weight is 397 g/mol. The number of sulfonamides is 1. The highest BCUT2D eigenvalue weighted by Gasteiger charge is 2.46. The minimum Gasteiger partial charge on any atom is -0.277 e. The summed E-state index contributed by atoms with van der Waals surface area (Å²) >= 11 is 5.49. The average Bonchev–Trinajstić information content (AvgIpc) is 2.76. The van der Waals surface area contributed by atoms with Crippen LogP contribution in [0.1, 0.15) is 18.4 Å². The predicted octanol–water partition coefficient (Wildman–Crippen LogP) is 1.88. The first-order chi connectivity index (χ1) is 11.5. The van der Waals surface area contributed by atoms with Crippen molar-refractivity contribution in [2.45, 2.75) is 30.0 Å². The van der Waals surface area contributed by atoms with Crippen molar-refractivity contribution in [3.8, 4) is 0 Å². The molecule has 1 aromatic carbocycles. The topological polar surface area (TPSA) is 74.8 Å². The Hall–Kier alpha value is -1.65. The van der Waals surface area contributed by atoms with E-state index in [2.05, 4.69) is 0 Å². The summed E-state index contributed by atoms with van der Waals surface area (Å²) in [6, 6.07) is 1.78. The zero-order chi connectivity index (χ0) is 18.6. The second-order valence-electron chi connectivity index (χ2n) is 5.77. The van der Waals surface area contributed by atoms with Gasteiger partial charge in [-0.05, 0) is 18.2 Å². The molecule has 11 heteroatoms. The second kappa shape index (κ2) is 5.96. The lowest BCUT2D eigenvalue weighted by molar-refractivity contribution is -0.143. The van der Waals surface area contributed by atoms with Gasteiger partial charge in [-0.25, -0.2) is 8.42 Å². The van der Waals surface area contributed by atoms with Crippen LogP contribution in [0.2, 0.25) is 5.02 Å². The predicted molar refractivity (Wildman–Crippen MR) is 80.1 cm³/mol. The monoisotopic (exact) mass is 396 g/mol. The number of carbonyl (C=O) groups excluding carboxylic acids is 2. The Morgan fingerprint density at radius 1 is 1.08 bits per heavy atom. The van der Waals surface area contributed by atoms with Crippen LogP contribution in [-0.4, -0.2) is 48.6 Å². The number of hydrogen-bond donors (Lipinski definition) is 0. The lowest BCUT2D eigenvalue weighted by Crippen LogP contribution is -2.62. The van der Waals surface area contributed by atoms with Gasteiger partial charge in [-0.3, -0.25) is 14.5 Å². The number of alkyl halides is 3. The van der Waals surface area contributed by atoms with Gasteiger partial charge >= 0.3 is 6.18 Å². The Balaban J connectivity index is 1.80. The van der Waals surface area contributed by atoms with E-state index >= 15 is 0 Å². The highest BCUT2D eigenvalue weighted by Crippen LogP contribution is 2.37. The molecule has 0 aromatic heterocycles. The van der Waals surface area contributed by atoms with Crippen molar-refractivity contribution >= 4 is 33.4 Å². The Morgan fingerprint density at radius 3 is 2.16 bits per heavy atom. The third-order valence-electron chi connectivity index (χ3n) is 4.17. The summed E-state index contributed by atoms with van der Waals surface area (Å²) in [5.41, 5.74) is -1.24. The number of benzene rings is 1. The number of hydrogen-bond acceptors (Lipinski definition) is 4. The molecule has 2 aliphatic rings. The van der Waals surface area contributed by atoms with Gasteiger partial charge in [-0.15, -0.1) is 0 Å². The Bertz CT molecular complexity index is 834. The molecule has 0 atom stereocenters. The fraction of sp³-hybridized carbons (Fsp3) is 0.429. The van der Waals surface area contributed by atoms with Crippen LogP contribution < -0.4 is 0 Å². The van der Waals surface area contributed by atoms with Crippen molar-refractivity contribution in [1.29, 1.82) is 0 Å². The van der Waals surface area contributed by atoms with Crippen LogP contribution in [0.5, 0.6) is 0 Å². The van der Waals surface area contributed by atoms with Gasteiger partial charge < -0.3 is 0 Å². The molecule has 6 nitrogen and oxygen atoms in total. The van der Waals surface area contributed by atoms with E-state index in [1.807, 2.05) is 0 Å². The number of amides is 2. The van der Waals surface area contributed by atoms with Crippen molar-refractivity contribution in [3.63, 3.8) is 0 Å². The van der Waals surface area contributed by atoms with Gasteiger partial charge in [0.05, 0.1) is 21.5 Å². The summed E-state index contributed by atoms with van der Waals surface area (Å²) in [6.07, 6.45) is -4.60. The molecule has 0 saturated carbocycles. The number of halogens is 4. The van der Waals surface area contributed by atoms with Gasteiger partial charge in [0.2, 0.25) is 21.8 Å². The summed E-state index contributed by atoms with van der Waals surface area (Å²) in [6.45, 7) is -0.270. The van der Waals surface area contributed by atoms with E-state index in [-0.39, 0.29) is 37.7 Å². The number of likely N-dealkylation sites (tertiary alicyclic amines) is 1. The van der Waals surface area contributed by atoms with Crippen LogP contribution in [0.15, 0.2) is 23.1 Å². The standard InChI is InChI=1S/C14H12ClF3N2O4S/c15-11-2-1-9(5-10(11)14(16,17)18)25(23,24)19-6-8(7-19)20-12(21)3-4-13(20)22/h1-2,5,8H,3-4,6-7H2. The fourth-order valence-electron chi connectivity index (χ4n) is 2.81. The van der Waals surface area contributed by atoms with Gasteiger partial charge in [-0.2, -0.15) is 17.5 Å². The first kappa shape index (κ1) is 18.2. The van der Waals surface area contributed by atoms with Gasteiger partial charge in [0.25, 0.3) is 0 Å². The van der Waals surface area contributed by atoms with Gasteiger partial charge in [0.1, 0.15) is 0 Å². The molecule has 2 fully saturated rings. The molecule has 2 saturated heterocycles. The molecular formula is C14H12ClF3N2O4S. The maximum atomic E-state index is 12.9. The fourth-order valence-corrected chi connectivity index (χ4v) is 4.57. The smallest absolute Gasteiger partial charge is 0.277 e. The minimum absolute atomic E-state index is 0.0915. The lowest BCUT2D eigenvalue weighted by atomic mass is 10.1. The summed E-state index contributed by atoms with van der Waals surface area (Å²) in [4.78, 5) is 23.8. The third-order valence-corrected chi connectivity index (χ3v) is 6.32.